The summed E-state index contributed by atoms with van der Waals surface area (Å²) < 4.78 is 0. The average Bonchev–Trinajstić information content (AvgIpc) is 1.61. The van der Waals surface area contributed by atoms with E-state index in [1.807, 2.05) is 109 Å². The smallest absolute Gasteiger partial charge is 0.0743 e. The Bertz CT molecular complexity index is 5290. The molecule has 2 heteroatoms. The molecule has 0 atom stereocenters. The van der Waals surface area contributed by atoms with E-state index in [2.05, 4.69) is 337 Å². The third kappa shape index (κ3) is 20.6. The van der Waals surface area contributed by atoms with E-state index in [9.17, 15) is 0 Å². The Labute approximate surface area is 720 Å². The summed E-state index contributed by atoms with van der Waals surface area (Å²) in [5.74, 6) is 0. The van der Waals surface area contributed by atoms with Crippen LogP contribution in [0.25, 0.3) is 78.0 Å². The molecule has 2 aromatic heterocycles. The highest BCUT2D eigenvalue weighted by Gasteiger charge is 2.27. The molecule has 2 nitrogen and oxygen atoms in total. The van der Waals surface area contributed by atoms with Gasteiger partial charge in [-0.1, -0.05) is 327 Å². The van der Waals surface area contributed by atoms with E-state index in [0.29, 0.717) is 0 Å². The number of benzene rings is 12. The first-order valence-electron chi connectivity index (χ1n) is 44.8. The highest BCUT2D eigenvalue weighted by molar-refractivity contribution is 5.84. The zero-order valence-electron chi connectivity index (χ0n) is 77.9. The fourth-order valence-corrected chi connectivity index (χ4v) is 17.0. The van der Waals surface area contributed by atoms with Crippen LogP contribution in [0.2, 0.25) is 0 Å². The number of nitrogens with zero attached hydrogens (tertiary/aromatic N) is 2. The molecule has 119 heavy (non-hydrogen) atoms. The van der Waals surface area contributed by atoms with E-state index < -0.39 is 0 Å². The maximum atomic E-state index is 4.56. The molecule has 616 valence electrons. The van der Waals surface area contributed by atoms with Crippen molar-refractivity contribution < 1.29 is 0 Å². The van der Waals surface area contributed by atoms with E-state index in [0.717, 1.165) is 50.6 Å². The predicted molar refractivity (Wildman–Crippen MR) is 524 cm³/mol. The van der Waals surface area contributed by atoms with Crippen molar-refractivity contribution in [1.82, 2.24) is 9.97 Å². The van der Waals surface area contributed by atoms with Gasteiger partial charge in [0.25, 0.3) is 0 Å². The number of pyridine rings is 2. The topological polar surface area (TPSA) is 25.8 Å². The summed E-state index contributed by atoms with van der Waals surface area (Å²) in [6.45, 7) is 58.6. The van der Waals surface area contributed by atoms with Crippen LogP contribution in [0, 0.1) is 96.9 Å². The van der Waals surface area contributed by atoms with E-state index >= 15 is 0 Å². The largest absolute Gasteiger partial charge is 0.261 e. The molecule has 0 spiro atoms. The molecule has 0 fully saturated rings. The number of hydrogen-bond acceptors (Lipinski definition) is 2. The molecular formula is C117H138N2. The normalized spacial score (nSPS) is 11.3. The molecule has 0 N–H and O–H groups in total. The lowest BCUT2D eigenvalue weighted by atomic mass is 9.97. The van der Waals surface area contributed by atoms with Crippen LogP contribution in [0.1, 0.15) is 253 Å². The minimum absolute atomic E-state index is 1.05. The van der Waals surface area contributed by atoms with Crippen molar-refractivity contribution in [3.8, 4) is 78.0 Å². The fraction of sp³-hybridized carbons (Fsp3) is 0.299. The highest BCUT2D eigenvalue weighted by Crippen LogP contribution is 2.45. The van der Waals surface area contributed by atoms with Gasteiger partial charge >= 0.3 is 0 Å². The molecule has 0 amide bonds. The lowest BCUT2D eigenvalue weighted by Crippen LogP contribution is -1.93. The van der Waals surface area contributed by atoms with Gasteiger partial charge in [0.2, 0.25) is 0 Å². The lowest BCUT2D eigenvalue weighted by Gasteiger charge is -2.08. The van der Waals surface area contributed by atoms with Crippen molar-refractivity contribution in [3.63, 3.8) is 0 Å². The van der Waals surface area contributed by atoms with Gasteiger partial charge in [0.1, 0.15) is 0 Å². The van der Waals surface area contributed by atoms with Crippen LogP contribution < -0.4 is 0 Å². The third-order valence-electron chi connectivity index (χ3n) is 24.1. The summed E-state index contributed by atoms with van der Waals surface area (Å²) in [6, 6.07) is 83.7. The van der Waals surface area contributed by atoms with E-state index in [1.54, 1.807) is 0 Å². The van der Waals surface area contributed by atoms with Crippen LogP contribution in [-0.4, -0.2) is 9.97 Å². The number of fused-ring (bicyclic) bond motifs is 21. The van der Waals surface area contributed by atoms with Gasteiger partial charge in [0.15, 0.2) is 0 Å². The minimum atomic E-state index is 1.05. The van der Waals surface area contributed by atoms with Crippen LogP contribution in [0.4, 0.5) is 0 Å². The predicted octanol–water partition coefficient (Wildman–Crippen LogP) is 33.1. The second-order valence-corrected chi connectivity index (χ2v) is 30.4. The van der Waals surface area contributed by atoms with Gasteiger partial charge < -0.3 is 0 Å². The first-order valence-corrected chi connectivity index (χ1v) is 44.8. The van der Waals surface area contributed by atoms with Gasteiger partial charge in [-0.05, 0) is 347 Å². The first-order chi connectivity index (χ1) is 57.9. The summed E-state index contributed by atoms with van der Waals surface area (Å²) in [4.78, 5) is 9.01. The number of aryl methyl sites for hydroxylation is 9. The third-order valence-corrected chi connectivity index (χ3v) is 24.1. The molecule has 21 rings (SSSR count). The SMILES string of the molecule is CC.CC.CC.CC.CC.CC.CC.Cc1cc2c(cc1C)-c1ccccc1C2.Cc1cc2c(cc1C)-c1ccccc1C2.Cc1ccc2c(c1C)-c1ccccc1C2.Cc1ccc2c(c1C)-c1ccccc1C2.Cc1ccc2c(c1C)Cc1ccccc1-2.Cc1cnc2c(c1C)Cc1ccccc1-2.Cc1ncc2c(c1C)Cc1ccccc1-2. The molecule has 0 aliphatic heterocycles. The summed E-state index contributed by atoms with van der Waals surface area (Å²) in [6.07, 6.45) is 11.6. The van der Waals surface area contributed by atoms with Crippen LogP contribution >= 0.6 is 0 Å². The molecule has 7 aliphatic carbocycles. The average molecular weight is 1570 g/mol. The Balaban J connectivity index is 0.000000169. The molecule has 0 radical (unpaired) electrons. The van der Waals surface area contributed by atoms with Gasteiger partial charge in [-0.15, -0.1) is 0 Å². The monoisotopic (exact) mass is 1570 g/mol. The van der Waals surface area contributed by atoms with Crippen molar-refractivity contribution in [2.45, 2.75) is 239 Å². The summed E-state index contributed by atoms with van der Waals surface area (Å²) in [5, 5.41) is 0. The number of aromatic nitrogens is 2. The lowest BCUT2D eigenvalue weighted by molar-refractivity contribution is 1.10. The molecule has 2 heterocycles. The first kappa shape index (κ1) is 93.4. The molecule has 7 aliphatic rings. The fourth-order valence-electron chi connectivity index (χ4n) is 17.0. The Kier molecular flexibility index (Phi) is 35.1. The summed E-state index contributed by atoms with van der Waals surface area (Å²) >= 11 is 0. The van der Waals surface area contributed by atoms with Gasteiger partial charge in [-0.3, -0.25) is 9.97 Å². The van der Waals surface area contributed by atoms with Gasteiger partial charge in [-0.25, -0.2) is 0 Å². The van der Waals surface area contributed by atoms with Crippen LogP contribution in [0.5, 0.6) is 0 Å². The quantitative estimate of drug-likeness (QED) is 0.151. The van der Waals surface area contributed by atoms with Gasteiger partial charge in [0, 0.05) is 35.6 Å². The molecule has 12 aromatic carbocycles. The molecule has 0 saturated carbocycles. The molecule has 0 unspecified atom stereocenters. The van der Waals surface area contributed by atoms with E-state index in [-0.39, 0.29) is 0 Å². The Morgan fingerprint density at radius 3 is 0.874 bits per heavy atom. The molecule has 0 saturated heterocycles. The second-order valence-electron chi connectivity index (χ2n) is 30.4. The van der Waals surface area contributed by atoms with Crippen molar-refractivity contribution in [3.05, 3.63) is 399 Å². The second kappa shape index (κ2) is 44.7. The van der Waals surface area contributed by atoms with Crippen molar-refractivity contribution in [2.24, 2.45) is 0 Å². The highest BCUT2D eigenvalue weighted by atomic mass is 14.7. The Hall–Kier alpha value is -11.1. The minimum Gasteiger partial charge on any atom is -0.261 e. The standard InChI is InChI=1S/5C15H14.2C14H13N.7C2H6/c2*1-10-7-13-9-12-5-3-4-6-14(12)15(13)8-11(10)2;2*1-10-7-8-13-9-12-5-3-4-6-14(12)15(13)11(10)2;1-10-7-8-14-13-6-4-3-5-12(13)9-15(14)11(10)2;1-9-10(2)15-8-14-12-6-4-3-5-11(12)7-13(9)14;1-9-8-15-14-12-6-4-3-5-11(12)7-13(14)10(9)2;7*1-2/h5*3-8H,9H2,1-2H3;2*3-6,8H,7H2,1-2H3;7*1-2H3. The number of rotatable bonds is 0. The molecular weight excluding hydrogens is 1430 g/mol. The van der Waals surface area contributed by atoms with Crippen LogP contribution in [0.15, 0.2) is 243 Å². The van der Waals surface area contributed by atoms with E-state index in [4.69, 9.17) is 0 Å². The maximum absolute atomic E-state index is 4.56. The zero-order chi connectivity index (χ0) is 86.9. The van der Waals surface area contributed by atoms with E-state index in [1.165, 1.54) is 228 Å². The van der Waals surface area contributed by atoms with Crippen molar-refractivity contribution in [2.75, 3.05) is 0 Å². The molecule has 14 aromatic rings. The number of hydrogen-bond donors (Lipinski definition) is 0. The van der Waals surface area contributed by atoms with Crippen molar-refractivity contribution in [1.29, 1.82) is 0 Å². The van der Waals surface area contributed by atoms with Gasteiger partial charge in [0.05, 0.1) is 5.69 Å². The summed E-state index contributed by atoms with van der Waals surface area (Å²) in [7, 11) is 0. The van der Waals surface area contributed by atoms with Crippen LogP contribution in [0.3, 0.4) is 0 Å². The van der Waals surface area contributed by atoms with Crippen LogP contribution in [-0.2, 0) is 44.9 Å². The summed E-state index contributed by atoms with van der Waals surface area (Å²) in [5.41, 5.74) is 59.5. The zero-order valence-corrected chi connectivity index (χ0v) is 77.9. The van der Waals surface area contributed by atoms with Gasteiger partial charge in [-0.2, -0.15) is 0 Å². The Morgan fingerprint density at radius 2 is 0.462 bits per heavy atom. The van der Waals surface area contributed by atoms with Crippen molar-refractivity contribution >= 4 is 0 Å². The Morgan fingerprint density at radius 1 is 0.176 bits per heavy atom. The molecule has 0 bridgehead atoms. The maximum Gasteiger partial charge on any atom is 0.0743 e.